The molecule has 0 bridgehead atoms. The summed E-state index contributed by atoms with van der Waals surface area (Å²) >= 11 is 5.79. The second-order valence-electron chi connectivity index (χ2n) is 3.89. The van der Waals surface area contributed by atoms with Crippen LogP contribution in [0.3, 0.4) is 0 Å². The van der Waals surface area contributed by atoms with Crippen LogP contribution in [0.15, 0.2) is 12.1 Å². The number of aromatic nitrogens is 1. The minimum Gasteiger partial charge on any atom is -0.357 e. The Kier molecular flexibility index (Phi) is 2.64. The summed E-state index contributed by atoms with van der Waals surface area (Å²) in [4.78, 5) is 6.80. The van der Waals surface area contributed by atoms with E-state index in [-0.39, 0.29) is 0 Å². The van der Waals surface area contributed by atoms with E-state index in [4.69, 9.17) is 11.6 Å². The zero-order valence-corrected chi connectivity index (χ0v) is 9.38. The van der Waals surface area contributed by atoms with Crippen LogP contribution in [0, 0.1) is 6.92 Å². The highest BCUT2D eigenvalue weighted by Crippen LogP contribution is 2.29. The lowest BCUT2D eigenvalue weighted by Gasteiger charge is -2.18. The second-order valence-corrected chi connectivity index (χ2v) is 4.16. The number of rotatable bonds is 3. The van der Waals surface area contributed by atoms with E-state index in [1.807, 2.05) is 6.92 Å². The number of hydrogen-bond acceptors (Lipinski definition) is 2. The third-order valence-electron chi connectivity index (χ3n) is 2.78. The summed E-state index contributed by atoms with van der Waals surface area (Å²) in [6.07, 6.45) is 2.60. The lowest BCUT2D eigenvalue weighted by molar-refractivity contribution is 0.884. The molecule has 0 saturated heterocycles. The number of halogens is 1. The van der Waals surface area contributed by atoms with Gasteiger partial charge in [0.25, 0.3) is 0 Å². The van der Waals surface area contributed by atoms with E-state index in [2.05, 4.69) is 29.1 Å². The molecule has 2 rings (SSSR count). The van der Waals surface area contributed by atoms with Gasteiger partial charge in [-0.3, -0.25) is 0 Å². The highest BCUT2D eigenvalue weighted by molar-refractivity contribution is 6.17. The smallest absolute Gasteiger partial charge is 0.128 e. The van der Waals surface area contributed by atoms with Crippen molar-refractivity contribution in [2.45, 2.75) is 31.7 Å². The van der Waals surface area contributed by atoms with Gasteiger partial charge in [0.05, 0.1) is 0 Å². The summed E-state index contributed by atoms with van der Waals surface area (Å²) < 4.78 is 0. The molecule has 0 unspecified atom stereocenters. The number of nitrogens with zero attached hydrogens (tertiary/aromatic N) is 2. The molecule has 1 aromatic heterocycles. The van der Waals surface area contributed by atoms with E-state index < -0.39 is 0 Å². The molecule has 2 nitrogen and oxygen atoms in total. The molecular weight excluding hydrogens is 196 g/mol. The Hall–Kier alpha value is -0.760. The fourth-order valence-corrected chi connectivity index (χ4v) is 1.85. The fourth-order valence-electron chi connectivity index (χ4n) is 1.56. The van der Waals surface area contributed by atoms with Crippen molar-refractivity contribution in [2.75, 3.05) is 11.9 Å². The first-order valence-electron chi connectivity index (χ1n) is 4.97. The quantitative estimate of drug-likeness (QED) is 0.714. The minimum absolute atomic E-state index is 0.548. The molecule has 76 valence electrons. The van der Waals surface area contributed by atoms with Gasteiger partial charge in [0.2, 0.25) is 0 Å². The molecule has 3 heteroatoms. The van der Waals surface area contributed by atoms with Crippen molar-refractivity contribution in [2.24, 2.45) is 0 Å². The van der Waals surface area contributed by atoms with Crippen molar-refractivity contribution in [3.05, 3.63) is 23.4 Å². The van der Waals surface area contributed by atoms with Crippen LogP contribution in [-0.4, -0.2) is 18.1 Å². The molecule has 0 atom stereocenters. The van der Waals surface area contributed by atoms with Gasteiger partial charge < -0.3 is 4.90 Å². The largest absolute Gasteiger partial charge is 0.357 e. The summed E-state index contributed by atoms with van der Waals surface area (Å²) in [5, 5.41) is 0. The molecule has 1 aliphatic carbocycles. The zero-order valence-electron chi connectivity index (χ0n) is 8.63. The van der Waals surface area contributed by atoms with Gasteiger partial charge in [0, 0.05) is 24.7 Å². The van der Waals surface area contributed by atoms with Gasteiger partial charge in [0.15, 0.2) is 0 Å². The van der Waals surface area contributed by atoms with E-state index >= 15 is 0 Å². The van der Waals surface area contributed by atoms with E-state index in [0.717, 1.165) is 17.1 Å². The molecule has 0 radical (unpaired) electrons. The Morgan fingerprint density at radius 2 is 2.21 bits per heavy atom. The van der Waals surface area contributed by atoms with Gasteiger partial charge in [-0.2, -0.15) is 0 Å². The molecule has 0 N–H and O–H groups in total. The molecule has 1 heterocycles. The molecule has 0 amide bonds. The molecule has 0 aromatic carbocycles. The average Bonchev–Trinajstić information content (AvgIpc) is 3.00. The van der Waals surface area contributed by atoms with E-state index in [1.165, 1.54) is 12.8 Å². The van der Waals surface area contributed by atoms with Gasteiger partial charge in [-0.1, -0.05) is 6.07 Å². The summed E-state index contributed by atoms with van der Waals surface area (Å²) in [6, 6.07) is 4.84. The van der Waals surface area contributed by atoms with E-state index in [1.54, 1.807) is 0 Å². The predicted octanol–water partition coefficient (Wildman–Crippen LogP) is 2.73. The highest BCUT2D eigenvalue weighted by Gasteiger charge is 2.27. The first kappa shape index (κ1) is 9.78. The predicted molar refractivity (Wildman–Crippen MR) is 60.0 cm³/mol. The summed E-state index contributed by atoms with van der Waals surface area (Å²) in [6.45, 7) is 2.02. The number of anilines is 1. The number of aryl methyl sites for hydroxylation is 1. The SMILES string of the molecule is Cc1nc(N(C)C2CC2)ccc1CCl. The first-order valence-corrected chi connectivity index (χ1v) is 5.51. The van der Waals surface area contributed by atoms with Crippen LogP contribution in [0.1, 0.15) is 24.1 Å². The Labute approximate surface area is 89.9 Å². The number of pyridine rings is 1. The topological polar surface area (TPSA) is 16.1 Å². The molecule has 1 aromatic rings. The maximum atomic E-state index is 5.79. The highest BCUT2D eigenvalue weighted by atomic mass is 35.5. The minimum atomic E-state index is 0.548. The normalized spacial score (nSPS) is 15.6. The number of hydrogen-bond donors (Lipinski definition) is 0. The van der Waals surface area contributed by atoms with Crippen LogP contribution < -0.4 is 4.90 Å². The third kappa shape index (κ3) is 1.85. The summed E-state index contributed by atoms with van der Waals surface area (Å²) in [5.74, 6) is 1.62. The monoisotopic (exact) mass is 210 g/mol. The van der Waals surface area contributed by atoms with E-state index in [9.17, 15) is 0 Å². The van der Waals surface area contributed by atoms with Gasteiger partial charge in [0.1, 0.15) is 5.82 Å². The van der Waals surface area contributed by atoms with Crippen molar-refractivity contribution in [1.29, 1.82) is 0 Å². The van der Waals surface area contributed by atoms with Crippen LogP contribution >= 0.6 is 11.6 Å². The van der Waals surface area contributed by atoms with Crippen molar-refractivity contribution >= 4 is 17.4 Å². The molecule has 0 spiro atoms. The van der Waals surface area contributed by atoms with E-state index in [0.29, 0.717) is 11.9 Å². The maximum Gasteiger partial charge on any atom is 0.128 e. The van der Waals surface area contributed by atoms with Crippen molar-refractivity contribution < 1.29 is 0 Å². The van der Waals surface area contributed by atoms with Crippen molar-refractivity contribution in [3.8, 4) is 0 Å². The van der Waals surface area contributed by atoms with Crippen LogP contribution in [0.25, 0.3) is 0 Å². The van der Waals surface area contributed by atoms with Crippen LogP contribution in [0.5, 0.6) is 0 Å². The Balaban J connectivity index is 2.22. The first-order chi connectivity index (χ1) is 6.72. The molecule has 14 heavy (non-hydrogen) atoms. The summed E-state index contributed by atoms with van der Waals surface area (Å²) in [7, 11) is 2.11. The van der Waals surface area contributed by atoms with Crippen LogP contribution in [0.2, 0.25) is 0 Å². The van der Waals surface area contributed by atoms with Crippen molar-refractivity contribution in [1.82, 2.24) is 4.98 Å². The van der Waals surface area contributed by atoms with Crippen LogP contribution in [-0.2, 0) is 5.88 Å². The van der Waals surface area contributed by atoms with Gasteiger partial charge >= 0.3 is 0 Å². The average molecular weight is 211 g/mol. The Morgan fingerprint density at radius 1 is 1.50 bits per heavy atom. The zero-order chi connectivity index (χ0) is 10.1. The van der Waals surface area contributed by atoms with Gasteiger partial charge in [-0.15, -0.1) is 11.6 Å². The lowest BCUT2D eigenvalue weighted by atomic mass is 10.2. The van der Waals surface area contributed by atoms with Gasteiger partial charge in [-0.05, 0) is 31.4 Å². The number of alkyl halides is 1. The second kappa shape index (κ2) is 3.77. The summed E-state index contributed by atoms with van der Waals surface area (Å²) in [5.41, 5.74) is 2.17. The molecule has 1 fully saturated rings. The standard InChI is InChI=1S/C11H15ClN2/c1-8-9(7-12)3-6-11(13-8)14(2)10-4-5-10/h3,6,10H,4-5,7H2,1-2H3. The molecule has 0 aliphatic heterocycles. The molecule has 1 saturated carbocycles. The molecule has 1 aliphatic rings. The van der Waals surface area contributed by atoms with Crippen LogP contribution in [0.4, 0.5) is 5.82 Å². The Morgan fingerprint density at radius 3 is 2.71 bits per heavy atom. The maximum absolute atomic E-state index is 5.79. The van der Waals surface area contributed by atoms with Crippen molar-refractivity contribution in [3.63, 3.8) is 0 Å². The molecular formula is C11H15ClN2. The fraction of sp³-hybridized carbons (Fsp3) is 0.545. The van der Waals surface area contributed by atoms with Gasteiger partial charge in [-0.25, -0.2) is 4.98 Å². The third-order valence-corrected chi connectivity index (χ3v) is 3.07. The Bertz CT molecular complexity index is 334. The lowest BCUT2D eigenvalue weighted by Crippen LogP contribution is -2.20.